The van der Waals surface area contributed by atoms with Gasteiger partial charge in [0.2, 0.25) is 5.91 Å². The van der Waals surface area contributed by atoms with E-state index in [2.05, 4.69) is 0 Å². The molecule has 0 bridgehead atoms. The maximum atomic E-state index is 12.8. The molecular weight excluding hydrogens is 277 g/mol. The van der Waals surface area contributed by atoms with E-state index < -0.39 is 0 Å². The number of hydrogen-bond acceptors (Lipinski definition) is 3. The molecule has 1 aromatic carbocycles. The summed E-state index contributed by atoms with van der Waals surface area (Å²) in [6.45, 7) is 4.43. The monoisotopic (exact) mass is 299 g/mol. The minimum atomic E-state index is -0.278. The van der Waals surface area contributed by atoms with Crippen LogP contribution >= 0.6 is 11.8 Å². The van der Waals surface area contributed by atoms with Gasteiger partial charge in [0, 0.05) is 17.5 Å². The number of halogens is 1. The van der Waals surface area contributed by atoms with Gasteiger partial charge in [0.25, 0.3) is 0 Å². The van der Waals surface area contributed by atoms with E-state index in [0.29, 0.717) is 12.3 Å². The molecule has 0 spiro atoms. The van der Waals surface area contributed by atoms with Gasteiger partial charge in [-0.1, -0.05) is 13.8 Å². The van der Waals surface area contributed by atoms with Crippen LogP contribution in [0.3, 0.4) is 0 Å². The summed E-state index contributed by atoms with van der Waals surface area (Å²) < 4.78 is 12.8. The fraction of sp³-hybridized carbons (Fsp3) is 0.533. The first kappa shape index (κ1) is 17.0. The zero-order valence-corrected chi connectivity index (χ0v) is 12.8. The molecule has 112 valence electrons. The van der Waals surface area contributed by atoms with E-state index in [1.807, 2.05) is 13.8 Å². The van der Waals surface area contributed by atoms with Crippen molar-refractivity contribution in [2.24, 2.45) is 0 Å². The molecule has 0 heterocycles. The van der Waals surface area contributed by atoms with E-state index >= 15 is 0 Å². The van der Waals surface area contributed by atoms with E-state index in [0.717, 1.165) is 17.7 Å². The van der Waals surface area contributed by atoms with Crippen molar-refractivity contribution in [1.29, 1.82) is 0 Å². The molecule has 1 aromatic rings. The van der Waals surface area contributed by atoms with E-state index in [4.69, 9.17) is 5.11 Å². The fourth-order valence-corrected chi connectivity index (χ4v) is 2.89. The Morgan fingerprint density at radius 2 is 1.90 bits per heavy atom. The number of nitrogens with zero attached hydrogens (tertiary/aromatic N) is 1. The van der Waals surface area contributed by atoms with Crippen molar-refractivity contribution in [3.8, 4) is 0 Å². The highest BCUT2D eigenvalue weighted by molar-refractivity contribution is 8.00. The Bertz CT molecular complexity index is 407. The Morgan fingerprint density at radius 3 is 2.40 bits per heavy atom. The average molecular weight is 299 g/mol. The van der Waals surface area contributed by atoms with Crippen molar-refractivity contribution >= 4 is 17.7 Å². The smallest absolute Gasteiger partial charge is 0.233 e. The lowest BCUT2D eigenvalue weighted by molar-refractivity contribution is -0.131. The molecule has 0 aliphatic rings. The van der Waals surface area contributed by atoms with Gasteiger partial charge < -0.3 is 10.0 Å². The van der Waals surface area contributed by atoms with Gasteiger partial charge in [-0.3, -0.25) is 4.79 Å². The third kappa shape index (κ3) is 5.13. The average Bonchev–Trinajstić information content (AvgIpc) is 2.46. The number of aliphatic hydroxyl groups is 1. The van der Waals surface area contributed by atoms with Crippen molar-refractivity contribution in [2.75, 3.05) is 18.9 Å². The second kappa shape index (κ2) is 8.97. The molecule has 0 saturated carbocycles. The van der Waals surface area contributed by atoms with Gasteiger partial charge in [-0.15, -0.1) is 11.8 Å². The number of rotatable bonds is 8. The lowest BCUT2D eigenvalue weighted by Crippen LogP contribution is -2.42. The highest BCUT2D eigenvalue weighted by Gasteiger charge is 2.20. The third-order valence-electron chi connectivity index (χ3n) is 3.22. The number of carbonyl (C=O) groups excluding carboxylic acids is 1. The van der Waals surface area contributed by atoms with Crippen LogP contribution in [-0.2, 0) is 4.79 Å². The zero-order chi connectivity index (χ0) is 15.0. The second-order valence-electron chi connectivity index (χ2n) is 4.52. The summed E-state index contributed by atoms with van der Waals surface area (Å²) in [6, 6.07) is 6.28. The minimum Gasteiger partial charge on any atom is -0.395 e. The summed E-state index contributed by atoms with van der Waals surface area (Å²) in [4.78, 5) is 14.9. The first-order chi connectivity index (χ1) is 9.62. The van der Waals surface area contributed by atoms with Gasteiger partial charge in [0.05, 0.1) is 12.4 Å². The van der Waals surface area contributed by atoms with Crippen molar-refractivity contribution in [1.82, 2.24) is 4.90 Å². The second-order valence-corrected chi connectivity index (χ2v) is 5.57. The molecule has 0 aliphatic carbocycles. The topological polar surface area (TPSA) is 40.5 Å². The van der Waals surface area contributed by atoms with E-state index in [1.54, 1.807) is 17.0 Å². The number of hydrogen-bond donors (Lipinski definition) is 1. The molecule has 0 aromatic heterocycles. The van der Waals surface area contributed by atoms with Gasteiger partial charge in [0.15, 0.2) is 0 Å². The van der Waals surface area contributed by atoms with Crippen molar-refractivity contribution in [3.63, 3.8) is 0 Å². The molecule has 1 N–H and O–H groups in total. The van der Waals surface area contributed by atoms with Crippen LogP contribution in [0.1, 0.15) is 26.7 Å². The lowest BCUT2D eigenvalue weighted by atomic mass is 10.1. The number of amides is 1. The van der Waals surface area contributed by atoms with Crippen LogP contribution in [0.2, 0.25) is 0 Å². The highest BCUT2D eigenvalue weighted by Crippen LogP contribution is 2.19. The van der Waals surface area contributed by atoms with Gasteiger partial charge in [-0.25, -0.2) is 4.39 Å². The van der Waals surface area contributed by atoms with Gasteiger partial charge in [-0.2, -0.15) is 0 Å². The van der Waals surface area contributed by atoms with Crippen molar-refractivity contribution in [2.45, 2.75) is 37.6 Å². The Balaban J connectivity index is 2.59. The molecule has 5 heteroatoms. The summed E-state index contributed by atoms with van der Waals surface area (Å²) in [5.41, 5.74) is 0. The highest BCUT2D eigenvalue weighted by atomic mass is 32.2. The van der Waals surface area contributed by atoms with Crippen molar-refractivity contribution in [3.05, 3.63) is 30.1 Å². The predicted molar refractivity (Wildman–Crippen MR) is 80.3 cm³/mol. The molecular formula is C15H22FNO2S. The summed E-state index contributed by atoms with van der Waals surface area (Å²) >= 11 is 1.39. The standard InChI is InChI=1S/C15H22FNO2S/c1-3-13(4-2)17(9-10-18)15(19)11-20-14-7-5-12(16)6-8-14/h5-8,13,18H,3-4,9-11H2,1-2H3. The first-order valence-corrected chi connectivity index (χ1v) is 7.89. The third-order valence-corrected chi connectivity index (χ3v) is 4.22. The van der Waals surface area contributed by atoms with Crippen LogP contribution in [0.4, 0.5) is 4.39 Å². The quantitative estimate of drug-likeness (QED) is 0.750. The Labute approximate surface area is 124 Å². The molecule has 20 heavy (non-hydrogen) atoms. The number of benzene rings is 1. The molecule has 1 amide bonds. The minimum absolute atomic E-state index is 0.0158. The molecule has 0 unspecified atom stereocenters. The van der Waals surface area contributed by atoms with Gasteiger partial charge in [0.1, 0.15) is 5.82 Å². The van der Waals surface area contributed by atoms with Gasteiger partial charge >= 0.3 is 0 Å². The molecule has 3 nitrogen and oxygen atoms in total. The number of aliphatic hydroxyl groups excluding tert-OH is 1. The Morgan fingerprint density at radius 1 is 1.30 bits per heavy atom. The molecule has 0 aliphatic heterocycles. The molecule has 0 atom stereocenters. The molecule has 0 fully saturated rings. The van der Waals surface area contributed by atoms with Crippen LogP contribution in [-0.4, -0.2) is 40.9 Å². The van der Waals surface area contributed by atoms with Crippen molar-refractivity contribution < 1.29 is 14.3 Å². The first-order valence-electron chi connectivity index (χ1n) is 6.91. The Hall–Kier alpha value is -1.07. The van der Waals surface area contributed by atoms with E-state index in [-0.39, 0.29) is 24.4 Å². The fourth-order valence-electron chi connectivity index (χ4n) is 2.11. The van der Waals surface area contributed by atoms with E-state index in [9.17, 15) is 9.18 Å². The summed E-state index contributed by atoms with van der Waals surface area (Å²) in [5.74, 6) is 0.0453. The molecule has 0 saturated heterocycles. The molecule has 1 rings (SSSR count). The number of thioether (sulfide) groups is 1. The normalized spacial score (nSPS) is 10.8. The zero-order valence-electron chi connectivity index (χ0n) is 12.0. The lowest BCUT2D eigenvalue weighted by Gasteiger charge is -2.30. The number of carbonyl (C=O) groups is 1. The SMILES string of the molecule is CCC(CC)N(CCO)C(=O)CSc1ccc(F)cc1. The van der Waals surface area contributed by atoms with Crippen LogP contribution in [0.5, 0.6) is 0 Å². The van der Waals surface area contributed by atoms with Crippen LogP contribution in [0, 0.1) is 5.82 Å². The molecule has 0 radical (unpaired) electrons. The largest absolute Gasteiger partial charge is 0.395 e. The Kier molecular flexibility index (Phi) is 7.62. The van der Waals surface area contributed by atoms with Gasteiger partial charge in [-0.05, 0) is 37.1 Å². The maximum absolute atomic E-state index is 12.8. The van der Waals surface area contributed by atoms with Crippen LogP contribution < -0.4 is 0 Å². The van der Waals surface area contributed by atoms with Crippen LogP contribution in [0.25, 0.3) is 0 Å². The van der Waals surface area contributed by atoms with E-state index in [1.165, 1.54) is 23.9 Å². The summed E-state index contributed by atoms with van der Waals surface area (Å²) in [6.07, 6.45) is 1.76. The summed E-state index contributed by atoms with van der Waals surface area (Å²) in [7, 11) is 0. The maximum Gasteiger partial charge on any atom is 0.233 e. The predicted octanol–water partition coefficient (Wildman–Crippen LogP) is 2.93. The van der Waals surface area contributed by atoms with Crippen LogP contribution in [0.15, 0.2) is 29.2 Å². The summed E-state index contributed by atoms with van der Waals surface area (Å²) in [5, 5.41) is 9.10.